The van der Waals surface area contributed by atoms with E-state index in [2.05, 4.69) is 0 Å². The van der Waals surface area contributed by atoms with E-state index in [1.807, 2.05) is 0 Å². The molecule has 0 bridgehead atoms. The van der Waals surface area contributed by atoms with Crippen LogP contribution in [-0.4, -0.2) is 0 Å². The third kappa shape index (κ3) is 10.0. The summed E-state index contributed by atoms with van der Waals surface area (Å²) >= 11 is 0. The average Bonchev–Trinajstić information content (AvgIpc) is 0.918. The second-order valence-corrected chi connectivity index (χ2v) is 0.0583. The number of hydrogen-bond donors (Lipinski definition) is 0. The van der Waals surface area contributed by atoms with Crippen molar-refractivity contribution in [3.8, 4) is 0 Å². The van der Waals surface area contributed by atoms with Gasteiger partial charge in [0.05, 0.1) is 0 Å². The molecule has 0 N–H and O–H groups in total. The molecule has 0 saturated carbocycles. The second-order valence-electron chi connectivity index (χ2n) is 0.0583. The van der Waals surface area contributed by atoms with Crippen molar-refractivity contribution in [3.05, 3.63) is 0 Å². The zero-order chi connectivity index (χ0) is 2.71. The van der Waals surface area contributed by atoms with E-state index in [1.54, 1.807) is 0 Å². The molecule has 4 heteroatoms. The first-order valence-electron chi connectivity index (χ1n) is 0.309. The molecule has 1 nitrogen and oxygen atoms in total. The third-order valence-corrected chi connectivity index (χ3v) is 0. The average molecular weight is 185 g/mol. The van der Waals surface area contributed by atoms with Crippen molar-refractivity contribution >= 4 is 0 Å². The van der Waals surface area contributed by atoms with Crippen LogP contribution in [0.15, 0.2) is 0 Å². The summed E-state index contributed by atoms with van der Waals surface area (Å²) in [7, 11) is 0. The van der Waals surface area contributed by atoms with E-state index in [0.717, 1.165) is 0 Å². The molecule has 0 aromatic rings. The predicted molar refractivity (Wildman–Crippen MR) is 3.30 cm³/mol. The predicted octanol–water partition coefficient (Wildman–Crippen LogP) is 0.772. The maximum Gasteiger partial charge on any atom is 0.0209 e. The first-order valence-corrected chi connectivity index (χ1v) is 0.309. The molecule has 0 aromatic carbocycles. The van der Waals surface area contributed by atoms with Crippen LogP contribution in [0.3, 0.4) is 0 Å². The van der Waals surface area contributed by atoms with Gasteiger partial charge in [-0.3, -0.25) is 0 Å². The van der Waals surface area contributed by atoms with Gasteiger partial charge in [-0.25, -0.2) is 0 Å². The maximum atomic E-state index is 9.12. The van der Waals surface area contributed by atoms with E-state index in [1.165, 1.54) is 5.15 Å². The minimum atomic E-state index is 0. The van der Waals surface area contributed by atoms with Gasteiger partial charge in [0.2, 0.25) is 0 Å². The molecule has 0 unspecified atom stereocenters. The Morgan fingerprint density at radius 3 is 1.25 bits per heavy atom. The van der Waals surface area contributed by atoms with E-state index in [9.17, 15) is 0 Å². The molecule has 0 aromatic heterocycles. The Hall–Kier alpha value is 1.39. The molecule has 0 fully saturated rings. The first-order chi connectivity index (χ1) is 1.41. The molecule has 4 heavy (non-hydrogen) atoms. The van der Waals surface area contributed by atoms with Gasteiger partial charge in [-0.05, 0) is 9.05 Å². The van der Waals surface area contributed by atoms with Gasteiger partial charge in [-0.2, -0.15) is 0 Å². The van der Waals surface area contributed by atoms with Crippen molar-refractivity contribution in [2.75, 3.05) is 0 Å². The van der Waals surface area contributed by atoms with Gasteiger partial charge in [0.25, 0.3) is 0 Å². The molecule has 0 heterocycles. The topological polar surface area (TPSA) is 9.23 Å². The van der Waals surface area contributed by atoms with E-state index >= 15 is 0 Å². The zero-order valence-corrected chi connectivity index (χ0v) is 3.54. The van der Waals surface area contributed by atoms with Crippen molar-refractivity contribution < 1.29 is 63.1 Å². The fraction of sp³-hybridized carbons (Fsp3) is 0. The van der Waals surface area contributed by atoms with Crippen LogP contribution in [0.5, 0.6) is 0 Å². The number of rotatable bonds is 0. The zero-order valence-electron chi connectivity index (χ0n) is 1.52. The van der Waals surface area contributed by atoms with Gasteiger partial charge >= 0.3 is 0 Å². The van der Waals surface area contributed by atoms with Crippen LogP contribution in [0.1, 0.15) is 0 Å². The molecule has 0 aliphatic rings. The van der Waals surface area contributed by atoms with E-state index < -0.39 is 0 Å². The van der Waals surface area contributed by atoms with Crippen molar-refractivity contribution in [2.45, 2.75) is 0 Å². The van der Waals surface area contributed by atoms with Crippen LogP contribution < -0.4 is 0 Å². The Morgan fingerprint density at radius 2 is 1.25 bits per heavy atom. The summed E-state index contributed by atoms with van der Waals surface area (Å²) in [4.78, 5) is 0. The number of halogens is 2. The van der Waals surface area contributed by atoms with Crippen LogP contribution in [0, 0.1) is 48.9 Å². The summed E-state index contributed by atoms with van der Waals surface area (Å²) in [6.45, 7) is 0. The Kier molecular flexibility index (Phi) is 20.0. The third-order valence-electron chi connectivity index (χ3n) is 0. The van der Waals surface area contributed by atoms with Crippen LogP contribution in [0.2, 0.25) is 0 Å². The van der Waals surface area contributed by atoms with Gasteiger partial charge in [0, 0.05) is 54.0 Å². The van der Waals surface area contributed by atoms with Crippen molar-refractivity contribution in [2.24, 2.45) is 0 Å². The fourth-order valence-electron chi connectivity index (χ4n) is 0. The van der Waals surface area contributed by atoms with Crippen LogP contribution >= 0.6 is 0 Å². The molecule has 0 amide bonds. The molecule has 0 aliphatic heterocycles. The molecule has 0 spiro atoms. The first kappa shape index (κ1) is 9.04. The van der Waals surface area contributed by atoms with E-state index in [-0.39, 0.29) is 48.9 Å². The molecule has 0 saturated heterocycles. The number of hydrogen-bond acceptors (Lipinski definition) is 1. The van der Waals surface area contributed by atoms with Crippen LogP contribution in [0.4, 0.5) is 9.05 Å². The van der Waals surface area contributed by atoms with Crippen molar-refractivity contribution in [3.63, 3.8) is 0 Å². The maximum absolute atomic E-state index is 9.12. The summed E-state index contributed by atoms with van der Waals surface area (Å²) in [6, 6.07) is 0. The molecule has 0 aliphatic carbocycles. The standard InChI is InChI=1S/F2O.Xe/c1-3-2;. The molecular weight excluding hydrogens is 185 g/mol. The smallest absolute Gasteiger partial charge is 0.0104 e. The molecular formula is F2OXe. The summed E-state index contributed by atoms with van der Waals surface area (Å²) in [5.41, 5.74) is 0. The van der Waals surface area contributed by atoms with E-state index in [4.69, 9.17) is 9.05 Å². The molecule has 0 rings (SSSR count). The minimum absolute atomic E-state index is 0. The second kappa shape index (κ2) is 8.83. The molecule has 28 valence electrons. The van der Waals surface area contributed by atoms with Crippen LogP contribution in [-0.2, 0) is 5.15 Å². The van der Waals surface area contributed by atoms with Crippen LogP contribution in [0.25, 0.3) is 0 Å². The Morgan fingerprint density at radius 1 is 1.25 bits per heavy atom. The largest absolute Gasteiger partial charge is 0.0209 e. The summed E-state index contributed by atoms with van der Waals surface area (Å²) in [6.07, 6.45) is 0. The van der Waals surface area contributed by atoms with Gasteiger partial charge in [0.15, 0.2) is 0 Å². The SMILES string of the molecule is FOF.[Xe]. The quantitative estimate of drug-likeness (QED) is 0.542. The monoisotopic (exact) mass is 186 g/mol. The fourth-order valence-corrected chi connectivity index (χ4v) is 0. The van der Waals surface area contributed by atoms with E-state index in [0.29, 0.717) is 0 Å². The summed E-state index contributed by atoms with van der Waals surface area (Å²) < 4.78 is 18.2. The van der Waals surface area contributed by atoms with Gasteiger partial charge < -0.3 is 0 Å². The van der Waals surface area contributed by atoms with Gasteiger partial charge in [-0.1, -0.05) is 0 Å². The summed E-state index contributed by atoms with van der Waals surface area (Å²) in [5.74, 6) is 0. The Labute approximate surface area is 62.2 Å². The van der Waals surface area contributed by atoms with Gasteiger partial charge in [-0.15, -0.1) is 0 Å². The molecule has 0 atom stereocenters. The Bertz CT molecular complexity index is 6.00. The summed E-state index contributed by atoms with van der Waals surface area (Å²) in [5, 5.41) is 1.25. The van der Waals surface area contributed by atoms with Crippen molar-refractivity contribution in [1.29, 1.82) is 0 Å². The van der Waals surface area contributed by atoms with Gasteiger partial charge in [0.1, 0.15) is 0 Å². The normalized spacial score (nSPS) is 4.50. The Balaban J connectivity index is 0. The minimum Gasteiger partial charge on any atom is -0.0104 e. The van der Waals surface area contributed by atoms with Crippen molar-refractivity contribution in [1.82, 2.24) is 0 Å². The molecule has 0 radical (unpaired) electrons.